The van der Waals surface area contributed by atoms with Gasteiger partial charge in [0.2, 0.25) is 0 Å². The van der Waals surface area contributed by atoms with Gasteiger partial charge in [0.15, 0.2) is 0 Å². The first-order valence-corrected chi connectivity index (χ1v) is 8.34. The molecule has 0 fully saturated rings. The van der Waals surface area contributed by atoms with Gasteiger partial charge in [0.05, 0.1) is 5.69 Å². The van der Waals surface area contributed by atoms with Crippen molar-refractivity contribution in [2.24, 2.45) is 0 Å². The summed E-state index contributed by atoms with van der Waals surface area (Å²) in [6.45, 7) is -0.0716. The molecule has 2 aromatic rings. The van der Waals surface area contributed by atoms with Gasteiger partial charge in [-0.25, -0.2) is 0 Å². The van der Waals surface area contributed by atoms with Gasteiger partial charge in [-0.1, -0.05) is 22.0 Å². The Morgan fingerprint density at radius 1 is 1.43 bits per heavy atom. The van der Waals surface area contributed by atoms with E-state index in [4.69, 9.17) is 5.73 Å². The molecule has 0 aliphatic carbocycles. The Morgan fingerprint density at radius 3 is 2.76 bits per heavy atom. The highest BCUT2D eigenvalue weighted by atomic mass is 79.9. The summed E-state index contributed by atoms with van der Waals surface area (Å²) in [7, 11) is 0. The maximum atomic E-state index is 12.0. The third kappa shape index (κ3) is 4.04. The van der Waals surface area contributed by atoms with Crippen LogP contribution in [0, 0.1) is 0 Å². The van der Waals surface area contributed by atoms with Crippen LogP contribution >= 0.6 is 39.0 Å². The Kier molecular flexibility index (Phi) is 5.05. The van der Waals surface area contributed by atoms with Crippen LogP contribution in [-0.2, 0) is 0 Å². The van der Waals surface area contributed by atoms with Crippen LogP contribution in [0.2, 0.25) is 0 Å². The summed E-state index contributed by atoms with van der Waals surface area (Å²) in [5.41, 5.74) is 2.00. The Morgan fingerprint density at radius 2 is 2.14 bits per heavy atom. The van der Waals surface area contributed by atoms with Gasteiger partial charge in [-0.05, 0) is 23.9 Å². The molecule has 3 nitrogen and oxygen atoms in total. The van der Waals surface area contributed by atoms with Crippen molar-refractivity contribution < 1.29 is 18.0 Å². The molecule has 9 heteroatoms. The minimum atomic E-state index is -4.29. The number of fused-ring (bicyclic) bond motifs is 1. The fourth-order valence-corrected chi connectivity index (χ4v) is 3.92. The van der Waals surface area contributed by atoms with Crippen molar-refractivity contribution in [1.29, 1.82) is 0 Å². The predicted molar refractivity (Wildman–Crippen MR) is 84.8 cm³/mol. The van der Waals surface area contributed by atoms with E-state index in [1.807, 2.05) is 18.2 Å². The van der Waals surface area contributed by atoms with Gasteiger partial charge in [0.1, 0.15) is 4.88 Å². The lowest BCUT2D eigenvalue weighted by Gasteiger charge is -2.06. The molecule has 3 N–H and O–H groups in total. The number of carbonyl (C=O) groups excluding carboxylic acids is 1. The third-order valence-corrected chi connectivity index (χ3v) is 5.13. The van der Waals surface area contributed by atoms with Gasteiger partial charge in [0, 0.05) is 26.9 Å². The summed E-state index contributed by atoms with van der Waals surface area (Å²) in [6.07, 6.45) is 0. The van der Waals surface area contributed by atoms with Crippen molar-refractivity contribution in [3.8, 4) is 0 Å². The number of amides is 1. The second kappa shape index (κ2) is 6.45. The normalized spacial score (nSPS) is 11.8. The number of hydrogen-bond acceptors (Lipinski definition) is 4. The van der Waals surface area contributed by atoms with Gasteiger partial charge >= 0.3 is 5.51 Å². The Labute approximate surface area is 135 Å². The van der Waals surface area contributed by atoms with E-state index < -0.39 is 11.4 Å². The summed E-state index contributed by atoms with van der Waals surface area (Å²) in [4.78, 5) is 12.3. The van der Waals surface area contributed by atoms with Crippen LogP contribution < -0.4 is 11.1 Å². The number of anilines is 1. The summed E-state index contributed by atoms with van der Waals surface area (Å²) in [6, 6.07) is 5.47. The molecule has 1 amide bonds. The molecule has 0 saturated heterocycles. The molecule has 21 heavy (non-hydrogen) atoms. The van der Waals surface area contributed by atoms with Crippen molar-refractivity contribution >= 4 is 60.7 Å². The lowest BCUT2D eigenvalue weighted by molar-refractivity contribution is -0.0327. The zero-order valence-electron chi connectivity index (χ0n) is 10.5. The smallest absolute Gasteiger partial charge is 0.397 e. The lowest BCUT2D eigenvalue weighted by atomic mass is 10.2. The number of carbonyl (C=O) groups is 1. The molecule has 0 bridgehead atoms. The Hall–Kier alpha value is -0.930. The van der Waals surface area contributed by atoms with Crippen LogP contribution in [0.15, 0.2) is 22.7 Å². The molecule has 1 aromatic carbocycles. The average Bonchev–Trinajstić information content (AvgIpc) is 2.72. The SMILES string of the molecule is Nc1c(C(=O)NCCSC(F)(F)F)sc2cccc(Br)c12. The van der Waals surface area contributed by atoms with E-state index in [1.54, 1.807) is 0 Å². The predicted octanol–water partition coefficient (Wildman–Crippen LogP) is 4.23. The average molecular weight is 399 g/mol. The number of benzene rings is 1. The topological polar surface area (TPSA) is 55.1 Å². The van der Waals surface area contributed by atoms with Crippen LogP contribution in [-0.4, -0.2) is 23.7 Å². The number of nitrogen functional groups attached to an aromatic ring is 1. The zero-order chi connectivity index (χ0) is 15.6. The van der Waals surface area contributed by atoms with E-state index in [0.717, 1.165) is 14.6 Å². The van der Waals surface area contributed by atoms with E-state index in [2.05, 4.69) is 21.2 Å². The van der Waals surface area contributed by atoms with Crippen LogP contribution in [0.25, 0.3) is 10.1 Å². The number of hydrogen-bond donors (Lipinski definition) is 2. The largest absolute Gasteiger partial charge is 0.441 e. The fourth-order valence-electron chi connectivity index (χ4n) is 1.71. The first kappa shape index (κ1) is 16.4. The second-order valence-electron chi connectivity index (χ2n) is 4.01. The first-order chi connectivity index (χ1) is 9.79. The molecule has 0 aliphatic heterocycles. The van der Waals surface area contributed by atoms with Crippen LogP contribution in [0.1, 0.15) is 9.67 Å². The van der Waals surface area contributed by atoms with E-state index in [9.17, 15) is 18.0 Å². The first-order valence-electron chi connectivity index (χ1n) is 5.75. The fraction of sp³-hybridized carbons (Fsp3) is 0.250. The Bertz CT molecular complexity index is 672. The molecule has 0 unspecified atom stereocenters. The molecule has 114 valence electrons. The van der Waals surface area contributed by atoms with Crippen molar-refractivity contribution in [3.63, 3.8) is 0 Å². The van der Waals surface area contributed by atoms with Crippen molar-refractivity contribution in [1.82, 2.24) is 5.32 Å². The van der Waals surface area contributed by atoms with E-state index >= 15 is 0 Å². The number of nitrogens with one attached hydrogen (secondary N) is 1. The number of thioether (sulfide) groups is 1. The molecule has 0 saturated carbocycles. The summed E-state index contributed by atoms with van der Waals surface area (Å²) >= 11 is 4.41. The quantitative estimate of drug-likeness (QED) is 0.757. The number of thiophene rings is 1. The minimum Gasteiger partial charge on any atom is -0.397 e. The zero-order valence-corrected chi connectivity index (χ0v) is 13.7. The molecular weight excluding hydrogens is 389 g/mol. The molecule has 2 rings (SSSR count). The number of rotatable bonds is 4. The maximum absolute atomic E-state index is 12.0. The van der Waals surface area contributed by atoms with Gasteiger partial charge < -0.3 is 11.1 Å². The van der Waals surface area contributed by atoms with Gasteiger partial charge in [0.25, 0.3) is 5.91 Å². The highest BCUT2D eigenvalue weighted by Gasteiger charge is 2.27. The molecule has 0 radical (unpaired) electrons. The monoisotopic (exact) mass is 398 g/mol. The van der Waals surface area contributed by atoms with E-state index in [1.165, 1.54) is 11.3 Å². The lowest BCUT2D eigenvalue weighted by Crippen LogP contribution is -2.26. The van der Waals surface area contributed by atoms with E-state index in [-0.39, 0.29) is 24.1 Å². The Balaban J connectivity index is 2.07. The summed E-state index contributed by atoms with van der Waals surface area (Å²) < 4.78 is 37.6. The number of nitrogens with two attached hydrogens (primary N) is 1. The van der Waals surface area contributed by atoms with Crippen LogP contribution in [0.5, 0.6) is 0 Å². The van der Waals surface area contributed by atoms with Gasteiger partial charge in [-0.15, -0.1) is 11.3 Å². The van der Waals surface area contributed by atoms with Crippen molar-refractivity contribution in [2.45, 2.75) is 5.51 Å². The molecule has 0 aliphatic rings. The standard InChI is InChI=1S/C12H10BrF3N2OS2/c13-6-2-1-3-7-8(6)9(17)10(21-7)11(19)18-4-5-20-12(14,15)16/h1-3H,4-5,17H2,(H,18,19). The minimum absolute atomic E-state index is 0.0716. The molecule has 0 spiro atoms. The molecule has 0 atom stereocenters. The van der Waals surface area contributed by atoms with E-state index in [0.29, 0.717) is 10.6 Å². The third-order valence-electron chi connectivity index (χ3n) is 2.56. The maximum Gasteiger partial charge on any atom is 0.441 e. The summed E-state index contributed by atoms with van der Waals surface area (Å²) in [5.74, 6) is -0.688. The van der Waals surface area contributed by atoms with Crippen molar-refractivity contribution in [2.75, 3.05) is 18.0 Å². The highest BCUT2D eigenvalue weighted by molar-refractivity contribution is 9.10. The molecular formula is C12H10BrF3N2OS2. The number of halogens is 4. The van der Waals surface area contributed by atoms with Crippen LogP contribution in [0.4, 0.5) is 18.9 Å². The van der Waals surface area contributed by atoms with Crippen molar-refractivity contribution in [3.05, 3.63) is 27.5 Å². The second-order valence-corrected chi connectivity index (χ2v) is 7.07. The number of alkyl halides is 3. The molecule has 1 aromatic heterocycles. The van der Waals surface area contributed by atoms with Crippen LogP contribution in [0.3, 0.4) is 0 Å². The van der Waals surface area contributed by atoms with Gasteiger partial charge in [-0.2, -0.15) is 13.2 Å². The highest BCUT2D eigenvalue weighted by Crippen LogP contribution is 2.38. The van der Waals surface area contributed by atoms with Gasteiger partial charge in [-0.3, -0.25) is 4.79 Å². The summed E-state index contributed by atoms with van der Waals surface area (Å²) in [5, 5.41) is 3.20. The molecule has 1 heterocycles.